The Morgan fingerprint density at radius 1 is 1.12 bits per heavy atom. The number of phenols is 1. The maximum atomic E-state index is 9.83. The van der Waals surface area contributed by atoms with E-state index in [1.807, 2.05) is 30.3 Å². The molecule has 4 N–H and O–H groups in total. The highest BCUT2D eigenvalue weighted by Crippen LogP contribution is 2.32. The Kier molecular flexibility index (Phi) is 2.01. The summed E-state index contributed by atoms with van der Waals surface area (Å²) in [6, 6.07) is 12.6. The number of para-hydroxylation sites is 1. The number of benzene rings is 2. The van der Waals surface area contributed by atoms with Crippen LogP contribution in [0.15, 0.2) is 42.5 Å². The number of rotatable bonds is 1. The summed E-state index contributed by atoms with van der Waals surface area (Å²) in [4.78, 5) is 0. The minimum atomic E-state index is 0.211. The van der Waals surface area contributed by atoms with Crippen LogP contribution in [-0.4, -0.2) is 15.3 Å². The molecule has 0 fully saturated rings. The van der Waals surface area contributed by atoms with Crippen LogP contribution in [0.25, 0.3) is 22.2 Å². The van der Waals surface area contributed by atoms with Crippen molar-refractivity contribution >= 4 is 16.6 Å². The number of H-pyrrole nitrogens is 1. The highest BCUT2D eigenvalue weighted by Gasteiger charge is 2.11. The maximum Gasteiger partial charge on any atom is 0.125 e. The van der Waals surface area contributed by atoms with Crippen molar-refractivity contribution in [3.63, 3.8) is 0 Å². The molecule has 0 radical (unpaired) electrons. The number of anilines is 1. The molecule has 0 atom stereocenters. The molecular formula is C13H11N3O. The van der Waals surface area contributed by atoms with Crippen LogP contribution >= 0.6 is 0 Å². The van der Waals surface area contributed by atoms with Gasteiger partial charge in [0, 0.05) is 16.6 Å². The zero-order valence-corrected chi connectivity index (χ0v) is 9.01. The van der Waals surface area contributed by atoms with E-state index in [1.165, 1.54) is 0 Å². The number of aromatic nitrogens is 2. The lowest BCUT2D eigenvalue weighted by Crippen LogP contribution is -1.83. The zero-order valence-electron chi connectivity index (χ0n) is 9.01. The predicted molar refractivity (Wildman–Crippen MR) is 67.6 cm³/mol. The molecular weight excluding hydrogens is 214 g/mol. The molecule has 3 aromatic rings. The molecule has 0 bridgehead atoms. The molecule has 0 unspecified atom stereocenters. The molecule has 0 saturated heterocycles. The first-order chi connectivity index (χ1) is 8.25. The number of nitrogens with zero attached hydrogens (tertiary/aromatic N) is 1. The van der Waals surface area contributed by atoms with Crippen molar-refractivity contribution in [1.82, 2.24) is 10.2 Å². The molecule has 0 spiro atoms. The number of nitrogen functional groups attached to an aromatic ring is 1. The smallest absolute Gasteiger partial charge is 0.125 e. The lowest BCUT2D eigenvalue weighted by atomic mass is 10.1. The Bertz CT molecular complexity index is 688. The molecule has 1 heterocycles. The number of nitrogens with two attached hydrogens (primary N) is 1. The molecule has 3 rings (SSSR count). The van der Waals surface area contributed by atoms with E-state index in [-0.39, 0.29) is 5.75 Å². The van der Waals surface area contributed by atoms with Crippen LogP contribution in [-0.2, 0) is 0 Å². The Hall–Kier alpha value is -2.49. The van der Waals surface area contributed by atoms with Gasteiger partial charge in [0.1, 0.15) is 11.4 Å². The van der Waals surface area contributed by atoms with Crippen LogP contribution < -0.4 is 5.73 Å². The van der Waals surface area contributed by atoms with E-state index in [1.54, 1.807) is 12.1 Å². The molecule has 0 amide bonds. The molecule has 2 aromatic carbocycles. The van der Waals surface area contributed by atoms with Crippen molar-refractivity contribution in [2.75, 3.05) is 5.73 Å². The quantitative estimate of drug-likeness (QED) is 0.557. The molecule has 84 valence electrons. The molecule has 0 saturated carbocycles. The monoisotopic (exact) mass is 225 g/mol. The lowest BCUT2D eigenvalue weighted by molar-refractivity contribution is 0.477. The summed E-state index contributed by atoms with van der Waals surface area (Å²) in [5.41, 5.74) is 8.75. The Morgan fingerprint density at radius 3 is 2.76 bits per heavy atom. The predicted octanol–water partition coefficient (Wildman–Crippen LogP) is 2.52. The molecule has 1 aromatic heterocycles. The van der Waals surface area contributed by atoms with E-state index in [0.29, 0.717) is 16.9 Å². The van der Waals surface area contributed by atoms with Gasteiger partial charge in [0.25, 0.3) is 0 Å². The van der Waals surface area contributed by atoms with E-state index >= 15 is 0 Å². The van der Waals surface area contributed by atoms with Crippen LogP contribution in [0.5, 0.6) is 5.75 Å². The average Bonchev–Trinajstić information content (AvgIpc) is 2.72. The van der Waals surface area contributed by atoms with Crippen molar-refractivity contribution in [3.05, 3.63) is 42.5 Å². The summed E-state index contributed by atoms with van der Waals surface area (Å²) < 4.78 is 0. The Balaban J connectivity index is 2.31. The summed E-state index contributed by atoms with van der Waals surface area (Å²) in [5, 5.41) is 17.9. The van der Waals surface area contributed by atoms with Crippen LogP contribution in [0, 0.1) is 0 Å². The largest absolute Gasteiger partial charge is 0.507 e. The third-order valence-corrected chi connectivity index (χ3v) is 2.75. The first kappa shape index (κ1) is 9.72. The van der Waals surface area contributed by atoms with E-state index in [0.717, 1.165) is 10.9 Å². The fourth-order valence-corrected chi connectivity index (χ4v) is 1.91. The summed E-state index contributed by atoms with van der Waals surface area (Å²) >= 11 is 0. The normalized spacial score (nSPS) is 10.8. The minimum Gasteiger partial charge on any atom is -0.507 e. The zero-order chi connectivity index (χ0) is 11.8. The van der Waals surface area contributed by atoms with Gasteiger partial charge in [-0.05, 0) is 30.3 Å². The second-order valence-electron chi connectivity index (χ2n) is 3.89. The molecule has 4 nitrogen and oxygen atoms in total. The van der Waals surface area contributed by atoms with Crippen LogP contribution in [0.4, 0.5) is 5.69 Å². The minimum absolute atomic E-state index is 0.211. The highest BCUT2D eigenvalue weighted by molar-refractivity contribution is 5.95. The molecule has 0 aliphatic rings. The maximum absolute atomic E-state index is 9.83. The van der Waals surface area contributed by atoms with Crippen LogP contribution in [0.3, 0.4) is 0 Å². The van der Waals surface area contributed by atoms with Gasteiger partial charge in [0.05, 0.1) is 5.52 Å². The Morgan fingerprint density at radius 2 is 1.94 bits per heavy atom. The molecule has 17 heavy (non-hydrogen) atoms. The van der Waals surface area contributed by atoms with Crippen molar-refractivity contribution in [2.24, 2.45) is 0 Å². The Labute approximate surface area is 97.7 Å². The van der Waals surface area contributed by atoms with Gasteiger partial charge < -0.3 is 10.8 Å². The van der Waals surface area contributed by atoms with Gasteiger partial charge in [-0.2, -0.15) is 5.10 Å². The van der Waals surface area contributed by atoms with Gasteiger partial charge in [0.2, 0.25) is 0 Å². The third kappa shape index (κ3) is 1.50. The fraction of sp³-hybridized carbons (Fsp3) is 0. The number of fused-ring (bicyclic) bond motifs is 1. The van der Waals surface area contributed by atoms with E-state index in [9.17, 15) is 5.11 Å². The van der Waals surface area contributed by atoms with E-state index in [2.05, 4.69) is 10.2 Å². The second-order valence-corrected chi connectivity index (χ2v) is 3.89. The molecule has 0 aliphatic carbocycles. The average molecular weight is 225 g/mol. The topological polar surface area (TPSA) is 74.9 Å². The standard InChI is InChI=1S/C13H11N3O/c14-8-5-6-11-10(7-8)13(16-15-11)9-3-1-2-4-12(9)17/h1-7,17H,14H2,(H,15,16). The fourth-order valence-electron chi connectivity index (χ4n) is 1.91. The molecule has 4 heteroatoms. The van der Waals surface area contributed by atoms with Gasteiger partial charge >= 0.3 is 0 Å². The second kappa shape index (κ2) is 3.52. The lowest BCUT2D eigenvalue weighted by Gasteiger charge is -2.01. The van der Waals surface area contributed by atoms with E-state index < -0.39 is 0 Å². The first-order valence-corrected chi connectivity index (χ1v) is 5.27. The summed E-state index contributed by atoms with van der Waals surface area (Å²) in [6.45, 7) is 0. The highest BCUT2D eigenvalue weighted by atomic mass is 16.3. The number of aromatic amines is 1. The number of hydrogen-bond donors (Lipinski definition) is 3. The number of nitrogens with one attached hydrogen (secondary N) is 1. The molecule has 0 aliphatic heterocycles. The summed E-state index contributed by atoms with van der Waals surface area (Å²) in [7, 11) is 0. The van der Waals surface area contributed by atoms with Crippen LogP contribution in [0.2, 0.25) is 0 Å². The van der Waals surface area contributed by atoms with Crippen molar-refractivity contribution < 1.29 is 5.11 Å². The van der Waals surface area contributed by atoms with Crippen LogP contribution in [0.1, 0.15) is 0 Å². The number of phenolic OH excluding ortho intramolecular Hbond substituents is 1. The van der Waals surface area contributed by atoms with E-state index in [4.69, 9.17) is 5.73 Å². The number of aromatic hydroxyl groups is 1. The number of hydrogen-bond acceptors (Lipinski definition) is 3. The summed E-state index contributed by atoms with van der Waals surface area (Å²) in [6.07, 6.45) is 0. The van der Waals surface area contributed by atoms with Gasteiger partial charge in [-0.3, -0.25) is 5.10 Å². The first-order valence-electron chi connectivity index (χ1n) is 5.27. The van der Waals surface area contributed by atoms with Gasteiger partial charge in [-0.25, -0.2) is 0 Å². The van der Waals surface area contributed by atoms with Gasteiger partial charge in [-0.15, -0.1) is 0 Å². The van der Waals surface area contributed by atoms with Gasteiger partial charge in [-0.1, -0.05) is 12.1 Å². The van der Waals surface area contributed by atoms with Crippen molar-refractivity contribution in [3.8, 4) is 17.0 Å². The third-order valence-electron chi connectivity index (χ3n) is 2.75. The summed E-state index contributed by atoms with van der Waals surface area (Å²) in [5.74, 6) is 0.211. The van der Waals surface area contributed by atoms with Crippen molar-refractivity contribution in [2.45, 2.75) is 0 Å². The SMILES string of the molecule is Nc1ccc2[nH]nc(-c3ccccc3O)c2c1. The van der Waals surface area contributed by atoms with Gasteiger partial charge in [0.15, 0.2) is 0 Å². The van der Waals surface area contributed by atoms with Crippen molar-refractivity contribution in [1.29, 1.82) is 0 Å².